The summed E-state index contributed by atoms with van der Waals surface area (Å²) >= 11 is 0. The van der Waals surface area contributed by atoms with Crippen molar-refractivity contribution < 1.29 is 4.74 Å². The van der Waals surface area contributed by atoms with Crippen molar-refractivity contribution in [3.05, 3.63) is 29.8 Å². The number of ether oxygens (including phenoxy) is 1. The lowest BCUT2D eigenvalue weighted by Gasteiger charge is -2.14. The summed E-state index contributed by atoms with van der Waals surface area (Å²) in [5.74, 6) is 0.944. The van der Waals surface area contributed by atoms with Crippen LogP contribution in [0, 0.1) is 0 Å². The van der Waals surface area contributed by atoms with Gasteiger partial charge in [0.1, 0.15) is 5.75 Å². The quantitative estimate of drug-likeness (QED) is 0.811. The number of hydrogen-bond acceptors (Lipinski definition) is 2. The maximum atomic E-state index is 5.23. The number of para-hydroxylation sites is 1. The maximum absolute atomic E-state index is 5.23. The van der Waals surface area contributed by atoms with E-state index in [4.69, 9.17) is 4.74 Å². The van der Waals surface area contributed by atoms with Crippen molar-refractivity contribution in [2.24, 2.45) is 0 Å². The highest BCUT2D eigenvalue weighted by Gasteiger charge is 2.06. The lowest BCUT2D eigenvalue weighted by atomic mass is 10.1. The van der Waals surface area contributed by atoms with Crippen molar-refractivity contribution in [2.75, 3.05) is 14.2 Å². The fourth-order valence-corrected chi connectivity index (χ4v) is 1.18. The molecule has 1 atom stereocenters. The molecule has 0 amide bonds. The van der Waals surface area contributed by atoms with Gasteiger partial charge in [0.25, 0.3) is 0 Å². The molecule has 0 aliphatic rings. The van der Waals surface area contributed by atoms with Gasteiger partial charge in [-0.3, -0.25) is 0 Å². The van der Waals surface area contributed by atoms with Gasteiger partial charge in [0.15, 0.2) is 0 Å². The Bertz CT molecular complexity index is 252. The highest BCUT2D eigenvalue weighted by Crippen LogP contribution is 2.23. The summed E-state index contributed by atoms with van der Waals surface area (Å²) in [6.45, 7) is 2.11. The van der Waals surface area contributed by atoms with E-state index in [1.54, 1.807) is 7.11 Å². The van der Waals surface area contributed by atoms with Crippen molar-refractivity contribution in [3.63, 3.8) is 0 Å². The number of benzene rings is 1. The van der Waals surface area contributed by atoms with Crippen molar-refractivity contribution in [3.8, 4) is 5.75 Å². The Hall–Kier alpha value is -0.730. The number of methoxy groups -OCH3 is 1. The van der Waals surface area contributed by atoms with Gasteiger partial charge in [-0.15, -0.1) is 12.4 Å². The molecule has 1 N–H and O–H groups in total. The second-order valence-corrected chi connectivity index (χ2v) is 2.75. The van der Waals surface area contributed by atoms with Crippen LogP contribution in [0.1, 0.15) is 18.5 Å². The predicted molar refractivity (Wildman–Crippen MR) is 57.7 cm³/mol. The minimum atomic E-state index is 0. The highest BCUT2D eigenvalue weighted by molar-refractivity contribution is 5.85. The van der Waals surface area contributed by atoms with E-state index in [9.17, 15) is 0 Å². The molecule has 74 valence electrons. The van der Waals surface area contributed by atoms with E-state index in [1.807, 2.05) is 25.2 Å². The Morgan fingerprint density at radius 1 is 1.31 bits per heavy atom. The van der Waals surface area contributed by atoms with Crippen LogP contribution in [0.4, 0.5) is 0 Å². The van der Waals surface area contributed by atoms with Crippen LogP contribution in [0.3, 0.4) is 0 Å². The summed E-state index contributed by atoms with van der Waals surface area (Å²) in [5.41, 5.74) is 1.20. The van der Waals surface area contributed by atoms with Crippen molar-refractivity contribution in [1.29, 1.82) is 0 Å². The molecule has 0 saturated carbocycles. The van der Waals surface area contributed by atoms with Crippen LogP contribution in [0.2, 0.25) is 0 Å². The first-order valence-electron chi connectivity index (χ1n) is 4.09. The van der Waals surface area contributed by atoms with Crippen molar-refractivity contribution >= 4 is 12.4 Å². The van der Waals surface area contributed by atoms with Crippen LogP contribution in [0.25, 0.3) is 0 Å². The van der Waals surface area contributed by atoms with Crippen molar-refractivity contribution in [2.45, 2.75) is 13.0 Å². The van der Waals surface area contributed by atoms with Crippen LogP contribution in [-0.4, -0.2) is 14.2 Å². The molecule has 1 aromatic carbocycles. The third kappa shape index (κ3) is 2.90. The van der Waals surface area contributed by atoms with Gasteiger partial charge in [-0.25, -0.2) is 0 Å². The summed E-state index contributed by atoms with van der Waals surface area (Å²) in [4.78, 5) is 0. The lowest BCUT2D eigenvalue weighted by molar-refractivity contribution is 0.404. The Morgan fingerprint density at radius 2 is 1.92 bits per heavy atom. The van der Waals surface area contributed by atoms with E-state index in [-0.39, 0.29) is 12.4 Å². The Kier molecular flexibility index (Phi) is 5.51. The van der Waals surface area contributed by atoms with Gasteiger partial charge in [-0.2, -0.15) is 0 Å². The summed E-state index contributed by atoms with van der Waals surface area (Å²) < 4.78 is 5.23. The molecular formula is C10H16ClNO. The first kappa shape index (κ1) is 12.3. The van der Waals surface area contributed by atoms with Crippen LogP contribution in [0.15, 0.2) is 24.3 Å². The Morgan fingerprint density at radius 3 is 2.46 bits per heavy atom. The summed E-state index contributed by atoms with van der Waals surface area (Å²) in [7, 11) is 3.64. The Labute approximate surface area is 85.7 Å². The molecule has 2 nitrogen and oxygen atoms in total. The molecule has 0 saturated heterocycles. The van der Waals surface area contributed by atoms with E-state index in [0.717, 1.165) is 5.75 Å². The monoisotopic (exact) mass is 201 g/mol. The second kappa shape index (κ2) is 5.84. The molecule has 0 aromatic heterocycles. The molecule has 1 rings (SSSR count). The number of rotatable bonds is 3. The molecule has 1 unspecified atom stereocenters. The van der Waals surface area contributed by atoms with E-state index >= 15 is 0 Å². The largest absolute Gasteiger partial charge is 0.496 e. The minimum absolute atomic E-state index is 0. The van der Waals surface area contributed by atoms with E-state index in [2.05, 4.69) is 18.3 Å². The standard InChI is InChI=1S/C10H15NO.ClH/c1-8(11-2)9-6-4-5-7-10(9)12-3;/h4-8,11H,1-3H3;1H. The first-order valence-corrected chi connectivity index (χ1v) is 4.09. The van der Waals surface area contributed by atoms with Crippen LogP contribution in [0.5, 0.6) is 5.75 Å². The Balaban J connectivity index is 0.00000144. The van der Waals surface area contributed by atoms with Crippen LogP contribution in [-0.2, 0) is 0 Å². The second-order valence-electron chi connectivity index (χ2n) is 2.75. The van der Waals surface area contributed by atoms with Gasteiger partial charge < -0.3 is 10.1 Å². The first-order chi connectivity index (χ1) is 5.79. The van der Waals surface area contributed by atoms with Gasteiger partial charge in [0, 0.05) is 11.6 Å². The van der Waals surface area contributed by atoms with Crippen LogP contribution >= 0.6 is 12.4 Å². The van der Waals surface area contributed by atoms with Gasteiger partial charge >= 0.3 is 0 Å². The van der Waals surface area contributed by atoms with E-state index in [0.29, 0.717) is 6.04 Å². The summed E-state index contributed by atoms with van der Waals surface area (Å²) in [6.07, 6.45) is 0. The van der Waals surface area contributed by atoms with E-state index in [1.165, 1.54) is 5.56 Å². The lowest BCUT2D eigenvalue weighted by Crippen LogP contribution is -2.13. The SMILES string of the molecule is CNC(C)c1ccccc1OC.Cl. The van der Waals surface area contributed by atoms with Crippen molar-refractivity contribution in [1.82, 2.24) is 5.32 Å². The maximum Gasteiger partial charge on any atom is 0.123 e. The topological polar surface area (TPSA) is 21.3 Å². The zero-order valence-corrected chi connectivity index (χ0v) is 9.02. The molecule has 0 bridgehead atoms. The highest BCUT2D eigenvalue weighted by atomic mass is 35.5. The molecule has 13 heavy (non-hydrogen) atoms. The molecule has 0 fully saturated rings. The average molecular weight is 202 g/mol. The van der Waals surface area contributed by atoms with Gasteiger partial charge in [-0.05, 0) is 20.0 Å². The zero-order chi connectivity index (χ0) is 8.97. The van der Waals surface area contributed by atoms with Crippen LogP contribution < -0.4 is 10.1 Å². The fraction of sp³-hybridized carbons (Fsp3) is 0.400. The molecule has 0 radical (unpaired) electrons. The normalized spacial score (nSPS) is 11.6. The number of halogens is 1. The molecule has 0 heterocycles. The average Bonchev–Trinajstić information content (AvgIpc) is 2.16. The fourth-order valence-electron chi connectivity index (χ4n) is 1.18. The summed E-state index contributed by atoms with van der Waals surface area (Å²) in [5, 5.41) is 3.18. The summed E-state index contributed by atoms with van der Waals surface area (Å²) in [6, 6.07) is 8.38. The van der Waals surface area contributed by atoms with Gasteiger partial charge in [0.05, 0.1) is 7.11 Å². The third-order valence-electron chi connectivity index (χ3n) is 2.04. The number of nitrogens with one attached hydrogen (secondary N) is 1. The minimum Gasteiger partial charge on any atom is -0.496 e. The zero-order valence-electron chi connectivity index (χ0n) is 8.20. The molecule has 1 aromatic rings. The third-order valence-corrected chi connectivity index (χ3v) is 2.04. The molecule has 0 aliphatic carbocycles. The smallest absolute Gasteiger partial charge is 0.123 e. The van der Waals surface area contributed by atoms with Gasteiger partial charge in [-0.1, -0.05) is 18.2 Å². The molecule has 3 heteroatoms. The van der Waals surface area contributed by atoms with Gasteiger partial charge in [0.2, 0.25) is 0 Å². The molecule has 0 spiro atoms. The predicted octanol–water partition coefficient (Wildman–Crippen LogP) is 2.40. The molecular weight excluding hydrogens is 186 g/mol. The molecule has 0 aliphatic heterocycles. The number of hydrogen-bond donors (Lipinski definition) is 1. The van der Waals surface area contributed by atoms with E-state index < -0.39 is 0 Å².